The summed E-state index contributed by atoms with van der Waals surface area (Å²) in [6, 6.07) is 0. The Labute approximate surface area is 86.6 Å². The van der Waals surface area contributed by atoms with Gasteiger partial charge in [0.1, 0.15) is 0 Å². The van der Waals surface area contributed by atoms with Crippen molar-refractivity contribution in [3.8, 4) is 0 Å². The van der Waals surface area contributed by atoms with Crippen LogP contribution in [0.4, 0.5) is 0 Å². The molecule has 3 N–H and O–H groups in total. The predicted octanol–water partition coefficient (Wildman–Crippen LogP) is 1.15. The molecule has 0 spiro atoms. The van der Waals surface area contributed by atoms with Crippen LogP contribution in [0.5, 0.6) is 0 Å². The van der Waals surface area contributed by atoms with Gasteiger partial charge in [-0.3, -0.25) is 0 Å². The summed E-state index contributed by atoms with van der Waals surface area (Å²) in [5.41, 5.74) is 5.60. The van der Waals surface area contributed by atoms with Crippen LogP contribution in [-0.4, -0.2) is 31.0 Å². The van der Waals surface area contributed by atoms with E-state index in [2.05, 4.69) is 13.8 Å². The van der Waals surface area contributed by atoms with Gasteiger partial charge in [0, 0.05) is 18.6 Å². The smallest absolute Gasteiger partial charge is 0.0656 e. The lowest BCUT2D eigenvalue weighted by Crippen LogP contribution is -2.50. The molecule has 3 nitrogen and oxygen atoms in total. The molecule has 0 radical (unpaired) electrons. The van der Waals surface area contributed by atoms with Gasteiger partial charge in [-0.2, -0.15) is 0 Å². The quantitative estimate of drug-likeness (QED) is 0.717. The summed E-state index contributed by atoms with van der Waals surface area (Å²) in [7, 11) is 0. The van der Waals surface area contributed by atoms with Crippen molar-refractivity contribution in [2.45, 2.75) is 39.2 Å². The Morgan fingerprint density at radius 1 is 1.57 bits per heavy atom. The van der Waals surface area contributed by atoms with E-state index in [-0.39, 0.29) is 11.5 Å². The molecule has 1 aliphatic heterocycles. The molecule has 0 aromatic heterocycles. The van der Waals surface area contributed by atoms with E-state index in [0.717, 1.165) is 25.9 Å². The van der Waals surface area contributed by atoms with Crippen LogP contribution in [0.25, 0.3) is 0 Å². The molecule has 14 heavy (non-hydrogen) atoms. The van der Waals surface area contributed by atoms with E-state index < -0.39 is 0 Å². The van der Waals surface area contributed by atoms with Crippen molar-refractivity contribution in [2.24, 2.45) is 17.1 Å². The number of aliphatic hydroxyl groups is 1. The summed E-state index contributed by atoms with van der Waals surface area (Å²) < 4.78 is 5.45. The van der Waals surface area contributed by atoms with E-state index in [0.29, 0.717) is 19.1 Å². The maximum Gasteiger partial charge on any atom is 0.0656 e. The van der Waals surface area contributed by atoms with Crippen LogP contribution >= 0.6 is 0 Å². The molecule has 0 aromatic carbocycles. The van der Waals surface area contributed by atoms with Crippen LogP contribution in [-0.2, 0) is 4.74 Å². The second kappa shape index (κ2) is 5.10. The standard InChI is InChI=1S/C11H23NO2/c1-3-9(2)10(13)11(7-12)5-4-6-14-8-11/h9-10,13H,3-8,12H2,1-2H3. The molecule has 0 aromatic rings. The second-order valence-corrected chi connectivity index (χ2v) is 4.55. The summed E-state index contributed by atoms with van der Waals surface area (Å²) in [4.78, 5) is 0. The van der Waals surface area contributed by atoms with Crippen molar-refractivity contribution >= 4 is 0 Å². The Kier molecular flexibility index (Phi) is 4.35. The van der Waals surface area contributed by atoms with E-state index in [1.54, 1.807) is 0 Å². The van der Waals surface area contributed by atoms with Gasteiger partial charge in [0.15, 0.2) is 0 Å². The fraction of sp³-hybridized carbons (Fsp3) is 1.00. The van der Waals surface area contributed by atoms with Gasteiger partial charge in [-0.1, -0.05) is 20.3 Å². The fourth-order valence-electron chi connectivity index (χ4n) is 2.22. The minimum Gasteiger partial charge on any atom is -0.392 e. The first kappa shape index (κ1) is 12.0. The van der Waals surface area contributed by atoms with E-state index in [1.807, 2.05) is 0 Å². The first-order chi connectivity index (χ1) is 6.66. The first-order valence-corrected chi connectivity index (χ1v) is 5.62. The zero-order chi connectivity index (χ0) is 10.6. The van der Waals surface area contributed by atoms with Crippen molar-refractivity contribution in [1.29, 1.82) is 0 Å². The molecule has 1 heterocycles. The van der Waals surface area contributed by atoms with Gasteiger partial charge >= 0.3 is 0 Å². The molecule has 0 saturated carbocycles. The summed E-state index contributed by atoms with van der Waals surface area (Å²) >= 11 is 0. The Morgan fingerprint density at radius 2 is 2.29 bits per heavy atom. The van der Waals surface area contributed by atoms with Gasteiger partial charge in [0.05, 0.1) is 12.7 Å². The monoisotopic (exact) mass is 201 g/mol. The molecule has 0 aliphatic carbocycles. The minimum absolute atomic E-state index is 0.187. The van der Waals surface area contributed by atoms with E-state index in [4.69, 9.17) is 10.5 Å². The SMILES string of the molecule is CCC(C)C(O)C1(CN)CCCOC1. The lowest BCUT2D eigenvalue weighted by Gasteiger charge is -2.42. The van der Waals surface area contributed by atoms with Crippen LogP contribution in [0.1, 0.15) is 33.1 Å². The number of ether oxygens (including phenoxy) is 1. The van der Waals surface area contributed by atoms with Gasteiger partial charge in [0.25, 0.3) is 0 Å². The molecule has 1 fully saturated rings. The highest BCUT2D eigenvalue weighted by Gasteiger charge is 2.40. The van der Waals surface area contributed by atoms with Crippen LogP contribution in [0.3, 0.4) is 0 Å². The van der Waals surface area contributed by atoms with Gasteiger partial charge in [0.2, 0.25) is 0 Å². The molecule has 3 atom stereocenters. The van der Waals surface area contributed by atoms with E-state index >= 15 is 0 Å². The predicted molar refractivity (Wildman–Crippen MR) is 57.0 cm³/mol. The average Bonchev–Trinajstić information content (AvgIpc) is 2.28. The largest absolute Gasteiger partial charge is 0.392 e. The van der Waals surface area contributed by atoms with E-state index in [1.165, 1.54) is 0 Å². The number of rotatable bonds is 4. The molecule has 3 heteroatoms. The van der Waals surface area contributed by atoms with Gasteiger partial charge in [-0.25, -0.2) is 0 Å². The van der Waals surface area contributed by atoms with Crippen LogP contribution in [0.15, 0.2) is 0 Å². The highest BCUT2D eigenvalue weighted by molar-refractivity contribution is 4.91. The summed E-state index contributed by atoms with van der Waals surface area (Å²) in [6.45, 7) is 6.14. The molecule has 0 amide bonds. The third-order valence-electron chi connectivity index (χ3n) is 3.57. The number of hydrogen-bond donors (Lipinski definition) is 2. The molecule has 1 saturated heterocycles. The molecule has 3 unspecified atom stereocenters. The van der Waals surface area contributed by atoms with Gasteiger partial charge in [-0.15, -0.1) is 0 Å². The van der Waals surface area contributed by atoms with E-state index in [9.17, 15) is 5.11 Å². The number of hydrogen-bond acceptors (Lipinski definition) is 3. The zero-order valence-electron chi connectivity index (χ0n) is 9.33. The lowest BCUT2D eigenvalue weighted by molar-refractivity contribution is -0.0954. The maximum absolute atomic E-state index is 10.2. The highest BCUT2D eigenvalue weighted by atomic mass is 16.5. The van der Waals surface area contributed by atoms with Crippen molar-refractivity contribution in [3.63, 3.8) is 0 Å². The molecular weight excluding hydrogens is 178 g/mol. The Bertz CT molecular complexity index is 167. The van der Waals surface area contributed by atoms with Crippen molar-refractivity contribution < 1.29 is 9.84 Å². The number of nitrogens with two attached hydrogens (primary N) is 1. The first-order valence-electron chi connectivity index (χ1n) is 5.62. The molecule has 84 valence electrons. The average molecular weight is 201 g/mol. The van der Waals surface area contributed by atoms with Crippen molar-refractivity contribution in [2.75, 3.05) is 19.8 Å². The summed E-state index contributed by atoms with van der Waals surface area (Å²) in [6.07, 6.45) is 2.68. The minimum atomic E-state index is -0.321. The van der Waals surface area contributed by atoms with Crippen LogP contribution in [0, 0.1) is 11.3 Å². The molecule has 1 rings (SSSR count). The Hall–Kier alpha value is -0.120. The van der Waals surface area contributed by atoms with Gasteiger partial charge < -0.3 is 15.6 Å². The Morgan fingerprint density at radius 3 is 2.71 bits per heavy atom. The maximum atomic E-state index is 10.2. The molecular formula is C11H23NO2. The summed E-state index contributed by atoms with van der Waals surface area (Å²) in [5, 5.41) is 10.2. The molecule has 0 bridgehead atoms. The summed E-state index contributed by atoms with van der Waals surface area (Å²) in [5.74, 6) is 0.306. The van der Waals surface area contributed by atoms with Crippen LogP contribution < -0.4 is 5.73 Å². The normalized spacial score (nSPS) is 32.6. The third-order valence-corrected chi connectivity index (χ3v) is 3.57. The van der Waals surface area contributed by atoms with Crippen molar-refractivity contribution in [1.82, 2.24) is 0 Å². The fourth-order valence-corrected chi connectivity index (χ4v) is 2.22. The van der Waals surface area contributed by atoms with Crippen LogP contribution in [0.2, 0.25) is 0 Å². The Balaban J connectivity index is 2.66. The molecule has 1 aliphatic rings. The second-order valence-electron chi connectivity index (χ2n) is 4.55. The topological polar surface area (TPSA) is 55.5 Å². The highest BCUT2D eigenvalue weighted by Crippen LogP contribution is 2.35. The zero-order valence-corrected chi connectivity index (χ0v) is 9.33. The lowest BCUT2D eigenvalue weighted by atomic mass is 9.72. The van der Waals surface area contributed by atoms with Gasteiger partial charge in [-0.05, 0) is 18.8 Å². The third kappa shape index (κ3) is 2.27. The van der Waals surface area contributed by atoms with Crippen molar-refractivity contribution in [3.05, 3.63) is 0 Å². The number of aliphatic hydroxyl groups excluding tert-OH is 1.